The molecule has 0 aromatic rings. The third kappa shape index (κ3) is 7.83. The van der Waals surface area contributed by atoms with Gasteiger partial charge in [0, 0.05) is 53.4 Å². The van der Waals surface area contributed by atoms with Crippen LogP contribution >= 0.6 is 24.0 Å². The normalized spacial score (nSPS) is 22.1. The lowest BCUT2D eigenvalue weighted by Gasteiger charge is -2.40. The minimum atomic E-state index is -4.17. The molecular formula is C18H35F3IN5O. The molecule has 166 valence electrons. The molecule has 2 aliphatic rings. The third-order valence-corrected chi connectivity index (χ3v) is 5.71. The van der Waals surface area contributed by atoms with E-state index in [9.17, 15) is 13.2 Å². The summed E-state index contributed by atoms with van der Waals surface area (Å²) >= 11 is 0. The second-order valence-corrected chi connectivity index (χ2v) is 7.45. The minimum Gasteiger partial charge on any atom is -0.383 e. The Labute approximate surface area is 183 Å². The molecule has 2 fully saturated rings. The summed E-state index contributed by atoms with van der Waals surface area (Å²) in [5.74, 6) is 1.41. The highest BCUT2D eigenvalue weighted by atomic mass is 127. The van der Waals surface area contributed by atoms with Gasteiger partial charge in [-0.05, 0) is 38.8 Å². The molecule has 0 radical (unpaired) electrons. The Morgan fingerprint density at radius 1 is 1.14 bits per heavy atom. The van der Waals surface area contributed by atoms with Crippen LogP contribution < -0.4 is 5.32 Å². The number of hydrogen-bond donors (Lipinski definition) is 1. The quantitative estimate of drug-likeness (QED) is 0.330. The molecule has 2 rings (SSSR count). The summed E-state index contributed by atoms with van der Waals surface area (Å²) in [5.41, 5.74) is 0. The molecular weight excluding hydrogens is 486 g/mol. The second-order valence-electron chi connectivity index (χ2n) is 7.45. The number of methoxy groups -OCH3 is 1. The Morgan fingerprint density at radius 2 is 1.75 bits per heavy atom. The van der Waals surface area contributed by atoms with Gasteiger partial charge in [-0.3, -0.25) is 9.89 Å². The average Bonchev–Trinajstić information content (AvgIpc) is 2.67. The number of guanidine groups is 1. The molecule has 0 saturated carbocycles. The minimum absolute atomic E-state index is 0. The predicted molar refractivity (Wildman–Crippen MR) is 116 cm³/mol. The molecule has 2 heterocycles. The van der Waals surface area contributed by atoms with E-state index < -0.39 is 12.2 Å². The van der Waals surface area contributed by atoms with Crippen LogP contribution in [0.2, 0.25) is 0 Å². The Morgan fingerprint density at radius 3 is 2.25 bits per heavy atom. The number of hydrogen-bond acceptors (Lipinski definition) is 4. The predicted octanol–water partition coefficient (Wildman–Crippen LogP) is 2.11. The van der Waals surface area contributed by atoms with Crippen molar-refractivity contribution in [3.8, 4) is 0 Å². The molecule has 28 heavy (non-hydrogen) atoms. The standard InChI is InChI=1S/C18H34F3N5O.HI/c1-15(18(19,20)21)25-8-10-26(11-9-25)17(22-2)23-14-16-4-6-24(7-5-16)12-13-27-3;/h15-16H,4-14H2,1-3H3,(H,22,23);1H. The van der Waals surface area contributed by atoms with E-state index >= 15 is 0 Å². The van der Waals surface area contributed by atoms with Crippen LogP contribution in [0.15, 0.2) is 4.99 Å². The lowest BCUT2D eigenvalue weighted by molar-refractivity contribution is -0.181. The Balaban J connectivity index is 0.00000392. The monoisotopic (exact) mass is 521 g/mol. The van der Waals surface area contributed by atoms with Crippen molar-refractivity contribution in [1.29, 1.82) is 0 Å². The molecule has 2 saturated heterocycles. The van der Waals surface area contributed by atoms with E-state index in [0.717, 1.165) is 51.6 Å². The van der Waals surface area contributed by atoms with Crippen LogP contribution in [0, 0.1) is 5.92 Å². The molecule has 0 bridgehead atoms. The lowest BCUT2D eigenvalue weighted by atomic mass is 9.97. The van der Waals surface area contributed by atoms with Crippen LogP contribution in [0.4, 0.5) is 13.2 Å². The first kappa shape index (κ1) is 25.7. The number of piperazine rings is 1. The maximum atomic E-state index is 12.9. The number of nitrogens with one attached hydrogen (secondary N) is 1. The molecule has 0 aliphatic carbocycles. The van der Waals surface area contributed by atoms with Crippen molar-refractivity contribution in [2.24, 2.45) is 10.9 Å². The molecule has 0 amide bonds. The zero-order chi connectivity index (χ0) is 19.9. The molecule has 1 N–H and O–H groups in total. The van der Waals surface area contributed by atoms with Crippen molar-refractivity contribution in [2.45, 2.75) is 32.0 Å². The fourth-order valence-electron chi connectivity index (χ4n) is 3.73. The van der Waals surface area contributed by atoms with Gasteiger partial charge in [0.1, 0.15) is 6.04 Å². The van der Waals surface area contributed by atoms with Gasteiger partial charge in [0.2, 0.25) is 0 Å². The van der Waals surface area contributed by atoms with Crippen molar-refractivity contribution in [1.82, 2.24) is 20.0 Å². The molecule has 0 aromatic heterocycles. The van der Waals surface area contributed by atoms with Crippen molar-refractivity contribution in [2.75, 3.05) is 73.1 Å². The molecule has 1 unspecified atom stereocenters. The Hall–Kier alpha value is -0.330. The highest BCUT2D eigenvalue weighted by Crippen LogP contribution is 2.25. The first-order valence-corrected chi connectivity index (χ1v) is 9.82. The van der Waals surface area contributed by atoms with E-state index in [1.165, 1.54) is 11.8 Å². The Bertz CT molecular complexity index is 465. The fourth-order valence-corrected chi connectivity index (χ4v) is 3.73. The molecule has 0 spiro atoms. The number of aliphatic imine (C=N–C) groups is 1. The smallest absolute Gasteiger partial charge is 0.383 e. The van der Waals surface area contributed by atoms with Crippen molar-refractivity contribution >= 4 is 29.9 Å². The average molecular weight is 521 g/mol. The summed E-state index contributed by atoms with van der Waals surface area (Å²) < 4.78 is 43.8. The number of alkyl halides is 3. The number of rotatable bonds is 6. The van der Waals surface area contributed by atoms with Crippen LogP contribution in [-0.4, -0.2) is 106 Å². The van der Waals surface area contributed by atoms with Gasteiger partial charge in [-0.25, -0.2) is 0 Å². The summed E-state index contributed by atoms with van der Waals surface area (Å²) in [7, 11) is 3.46. The molecule has 10 heteroatoms. The van der Waals surface area contributed by atoms with E-state index in [1.54, 1.807) is 14.2 Å². The summed E-state index contributed by atoms with van der Waals surface area (Å²) in [6.45, 7) is 7.97. The number of likely N-dealkylation sites (tertiary alicyclic amines) is 1. The largest absolute Gasteiger partial charge is 0.403 e. The SMILES string of the molecule is CN=C(NCC1CCN(CCOC)CC1)N1CCN(C(C)C(F)(F)F)CC1.I. The van der Waals surface area contributed by atoms with E-state index in [-0.39, 0.29) is 24.0 Å². The summed E-state index contributed by atoms with van der Waals surface area (Å²) in [6, 6.07) is -1.39. The van der Waals surface area contributed by atoms with Crippen LogP contribution in [0.1, 0.15) is 19.8 Å². The van der Waals surface area contributed by atoms with Gasteiger partial charge in [0.15, 0.2) is 5.96 Å². The first-order valence-electron chi connectivity index (χ1n) is 9.82. The lowest BCUT2D eigenvalue weighted by Crippen LogP contribution is -2.57. The highest BCUT2D eigenvalue weighted by Gasteiger charge is 2.41. The number of piperidine rings is 1. The maximum Gasteiger partial charge on any atom is 0.403 e. The first-order chi connectivity index (χ1) is 12.8. The second kappa shape index (κ2) is 12.4. The van der Waals surface area contributed by atoms with Gasteiger partial charge >= 0.3 is 6.18 Å². The van der Waals surface area contributed by atoms with Crippen LogP contribution in [0.5, 0.6) is 0 Å². The van der Waals surface area contributed by atoms with Gasteiger partial charge in [0.05, 0.1) is 6.61 Å². The maximum absolute atomic E-state index is 12.9. The van der Waals surface area contributed by atoms with Crippen molar-refractivity contribution < 1.29 is 17.9 Å². The summed E-state index contributed by atoms with van der Waals surface area (Å²) in [5, 5.41) is 3.43. The topological polar surface area (TPSA) is 43.3 Å². The van der Waals surface area contributed by atoms with Gasteiger partial charge in [0.25, 0.3) is 0 Å². The van der Waals surface area contributed by atoms with Gasteiger partial charge in [-0.15, -0.1) is 24.0 Å². The number of halogens is 4. The van der Waals surface area contributed by atoms with E-state index in [1.807, 2.05) is 0 Å². The van der Waals surface area contributed by atoms with Crippen molar-refractivity contribution in [3.05, 3.63) is 0 Å². The molecule has 0 aromatic carbocycles. The summed E-state index contributed by atoms with van der Waals surface area (Å²) in [4.78, 5) is 10.3. The van der Waals surface area contributed by atoms with E-state index in [0.29, 0.717) is 32.1 Å². The fraction of sp³-hybridized carbons (Fsp3) is 0.944. The van der Waals surface area contributed by atoms with E-state index in [4.69, 9.17) is 4.74 Å². The summed E-state index contributed by atoms with van der Waals surface area (Å²) in [6.07, 6.45) is -1.88. The third-order valence-electron chi connectivity index (χ3n) is 5.71. The van der Waals surface area contributed by atoms with Gasteiger partial charge in [-0.1, -0.05) is 0 Å². The number of nitrogens with zero attached hydrogens (tertiary/aromatic N) is 4. The highest BCUT2D eigenvalue weighted by molar-refractivity contribution is 14.0. The molecule has 2 aliphatic heterocycles. The Kier molecular flexibility index (Phi) is 11.4. The molecule has 6 nitrogen and oxygen atoms in total. The van der Waals surface area contributed by atoms with E-state index in [2.05, 4.69) is 20.1 Å². The van der Waals surface area contributed by atoms with Crippen molar-refractivity contribution in [3.63, 3.8) is 0 Å². The zero-order valence-corrected chi connectivity index (χ0v) is 19.5. The van der Waals surface area contributed by atoms with Gasteiger partial charge in [-0.2, -0.15) is 13.2 Å². The molecule has 1 atom stereocenters. The number of ether oxygens (including phenoxy) is 1. The van der Waals surface area contributed by atoms with Crippen LogP contribution in [-0.2, 0) is 4.74 Å². The van der Waals surface area contributed by atoms with Gasteiger partial charge < -0.3 is 19.9 Å². The zero-order valence-electron chi connectivity index (χ0n) is 17.2. The van der Waals surface area contributed by atoms with Crippen LogP contribution in [0.3, 0.4) is 0 Å². The van der Waals surface area contributed by atoms with Crippen LogP contribution in [0.25, 0.3) is 0 Å².